The van der Waals surface area contributed by atoms with Gasteiger partial charge in [0, 0.05) is 32.5 Å². The van der Waals surface area contributed by atoms with Crippen LogP contribution in [0.15, 0.2) is 48.5 Å². The van der Waals surface area contributed by atoms with Crippen molar-refractivity contribution in [1.29, 1.82) is 0 Å². The third-order valence-corrected chi connectivity index (χ3v) is 5.08. The molecule has 2 aliphatic heterocycles. The zero-order valence-corrected chi connectivity index (χ0v) is 14.4. The van der Waals surface area contributed by atoms with Crippen LogP contribution >= 0.6 is 0 Å². The van der Waals surface area contributed by atoms with Crippen LogP contribution in [0.4, 0.5) is 0 Å². The lowest BCUT2D eigenvalue weighted by Gasteiger charge is -2.25. The summed E-state index contributed by atoms with van der Waals surface area (Å²) in [6, 6.07) is 17.0. The van der Waals surface area contributed by atoms with Crippen molar-refractivity contribution in [2.24, 2.45) is 0 Å². The SMILES string of the molecule is O=C1CCCN1CC(NCc1ccc2c(c1)CCO2)c1ccccc1. The number of hydrogen-bond acceptors (Lipinski definition) is 3. The molecule has 1 saturated heterocycles. The van der Waals surface area contributed by atoms with Crippen LogP contribution in [0.5, 0.6) is 5.75 Å². The van der Waals surface area contributed by atoms with Crippen LogP contribution in [-0.4, -0.2) is 30.5 Å². The molecule has 4 rings (SSSR count). The van der Waals surface area contributed by atoms with E-state index in [1.165, 1.54) is 16.7 Å². The summed E-state index contributed by atoms with van der Waals surface area (Å²) < 4.78 is 5.58. The third kappa shape index (κ3) is 3.69. The van der Waals surface area contributed by atoms with Crippen LogP contribution in [0.25, 0.3) is 0 Å². The Labute approximate surface area is 148 Å². The first-order valence-corrected chi connectivity index (χ1v) is 9.10. The van der Waals surface area contributed by atoms with Gasteiger partial charge in [-0.3, -0.25) is 4.79 Å². The maximum absolute atomic E-state index is 12.0. The monoisotopic (exact) mass is 336 g/mol. The molecule has 1 N–H and O–H groups in total. The van der Waals surface area contributed by atoms with Crippen molar-refractivity contribution in [2.45, 2.75) is 31.8 Å². The highest BCUT2D eigenvalue weighted by atomic mass is 16.5. The predicted octanol–water partition coefficient (Wildman–Crippen LogP) is 3.07. The molecular formula is C21H24N2O2. The smallest absolute Gasteiger partial charge is 0.222 e. The van der Waals surface area contributed by atoms with Crippen LogP contribution in [0, 0.1) is 0 Å². The Bertz CT molecular complexity index is 745. The molecule has 25 heavy (non-hydrogen) atoms. The number of amides is 1. The van der Waals surface area contributed by atoms with Gasteiger partial charge in [0.2, 0.25) is 5.91 Å². The van der Waals surface area contributed by atoms with Crippen LogP contribution < -0.4 is 10.1 Å². The number of hydrogen-bond donors (Lipinski definition) is 1. The van der Waals surface area contributed by atoms with E-state index in [0.717, 1.165) is 44.8 Å². The molecule has 0 bridgehead atoms. The van der Waals surface area contributed by atoms with E-state index in [1.54, 1.807) is 0 Å². The Kier molecular flexibility index (Phi) is 4.70. The fourth-order valence-corrected chi connectivity index (χ4v) is 3.68. The highest BCUT2D eigenvalue weighted by molar-refractivity contribution is 5.78. The lowest BCUT2D eigenvalue weighted by Crippen LogP contribution is -2.35. The van der Waals surface area contributed by atoms with Gasteiger partial charge in [0.1, 0.15) is 5.75 Å². The Morgan fingerprint density at radius 1 is 1.12 bits per heavy atom. The number of nitrogens with one attached hydrogen (secondary N) is 1. The fraction of sp³-hybridized carbons (Fsp3) is 0.381. The van der Waals surface area contributed by atoms with Gasteiger partial charge in [-0.2, -0.15) is 0 Å². The summed E-state index contributed by atoms with van der Waals surface area (Å²) in [4.78, 5) is 14.0. The number of carbonyl (C=O) groups excluding carboxylic acids is 1. The molecular weight excluding hydrogens is 312 g/mol. The summed E-state index contributed by atoms with van der Waals surface area (Å²) >= 11 is 0. The van der Waals surface area contributed by atoms with Crippen LogP contribution in [0.1, 0.15) is 35.6 Å². The molecule has 130 valence electrons. The second kappa shape index (κ2) is 7.28. The molecule has 2 aromatic rings. The van der Waals surface area contributed by atoms with Gasteiger partial charge in [-0.15, -0.1) is 0 Å². The van der Waals surface area contributed by atoms with E-state index in [2.05, 4.69) is 47.8 Å². The van der Waals surface area contributed by atoms with E-state index < -0.39 is 0 Å². The standard InChI is InChI=1S/C21H24N2O2/c24-21-7-4-11-23(21)15-19(17-5-2-1-3-6-17)22-14-16-8-9-20-18(13-16)10-12-25-20/h1-3,5-6,8-9,13,19,22H,4,7,10-12,14-15H2. The first-order valence-electron chi connectivity index (χ1n) is 9.10. The van der Waals surface area contributed by atoms with E-state index in [4.69, 9.17) is 4.74 Å². The van der Waals surface area contributed by atoms with Gasteiger partial charge in [-0.05, 0) is 29.2 Å². The Morgan fingerprint density at radius 2 is 2.00 bits per heavy atom. The van der Waals surface area contributed by atoms with Gasteiger partial charge >= 0.3 is 0 Å². The molecule has 2 heterocycles. The van der Waals surface area contributed by atoms with E-state index in [1.807, 2.05) is 11.0 Å². The largest absolute Gasteiger partial charge is 0.493 e. The normalized spacial score (nSPS) is 17.4. The highest BCUT2D eigenvalue weighted by Crippen LogP contribution is 2.26. The summed E-state index contributed by atoms with van der Waals surface area (Å²) in [6.07, 6.45) is 2.66. The van der Waals surface area contributed by atoms with Crippen molar-refractivity contribution in [3.63, 3.8) is 0 Å². The minimum atomic E-state index is 0.146. The van der Waals surface area contributed by atoms with Gasteiger partial charge in [-0.25, -0.2) is 0 Å². The summed E-state index contributed by atoms with van der Waals surface area (Å²) in [5.41, 5.74) is 3.79. The molecule has 4 nitrogen and oxygen atoms in total. The zero-order chi connectivity index (χ0) is 17.1. The molecule has 4 heteroatoms. The second-order valence-corrected chi connectivity index (χ2v) is 6.83. The first-order chi connectivity index (χ1) is 12.3. The molecule has 1 atom stereocenters. The first kappa shape index (κ1) is 16.2. The van der Waals surface area contributed by atoms with Gasteiger partial charge in [-0.1, -0.05) is 42.5 Å². The van der Waals surface area contributed by atoms with E-state index in [9.17, 15) is 4.79 Å². The second-order valence-electron chi connectivity index (χ2n) is 6.83. The van der Waals surface area contributed by atoms with E-state index in [0.29, 0.717) is 6.42 Å². The molecule has 2 aromatic carbocycles. The minimum absolute atomic E-state index is 0.146. The molecule has 0 spiro atoms. The molecule has 1 amide bonds. The van der Waals surface area contributed by atoms with Crippen molar-refractivity contribution >= 4 is 5.91 Å². The maximum Gasteiger partial charge on any atom is 0.222 e. The lowest BCUT2D eigenvalue weighted by atomic mass is 10.0. The number of benzene rings is 2. The Hall–Kier alpha value is -2.33. The number of likely N-dealkylation sites (tertiary alicyclic amines) is 1. The summed E-state index contributed by atoms with van der Waals surface area (Å²) in [6.45, 7) is 3.18. The fourth-order valence-electron chi connectivity index (χ4n) is 3.68. The van der Waals surface area contributed by atoms with Crippen molar-refractivity contribution in [3.8, 4) is 5.75 Å². The van der Waals surface area contributed by atoms with Crippen molar-refractivity contribution < 1.29 is 9.53 Å². The summed E-state index contributed by atoms with van der Waals surface area (Å²) in [5.74, 6) is 1.29. The van der Waals surface area contributed by atoms with Crippen LogP contribution in [0.3, 0.4) is 0 Å². The number of rotatable bonds is 6. The van der Waals surface area contributed by atoms with Gasteiger partial charge in [0.15, 0.2) is 0 Å². The minimum Gasteiger partial charge on any atom is -0.493 e. The average Bonchev–Trinajstić information content (AvgIpc) is 3.27. The summed E-state index contributed by atoms with van der Waals surface area (Å²) in [5, 5.41) is 3.66. The summed E-state index contributed by atoms with van der Waals surface area (Å²) in [7, 11) is 0. The quantitative estimate of drug-likeness (QED) is 0.881. The van der Waals surface area contributed by atoms with Gasteiger partial charge < -0.3 is 15.0 Å². The average molecular weight is 336 g/mol. The number of ether oxygens (including phenoxy) is 1. The molecule has 0 aliphatic carbocycles. The lowest BCUT2D eigenvalue weighted by molar-refractivity contribution is -0.128. The van der Waals surface area contributed by atoms with Gasteiger partial charge in [0.05, 0.1) is 12.6 Å². The molecule has 1 unspecified atom stereocenters. The molecule has 2 aliphatic rings. The van der Waals surface area contributed by atoms with Crippen molar-refractivity contribution in [1.82, 2.24) is 10.2 Å². The Morgan fingerprint density at radius 3 is 2.80 bits per heavy atom. The van der Waals surface area contributed by atoms with E-state index in [-0.39, 0.29) is 11.9 Å². The number of fused-ring (bicyclic) bond motifs is 1. The molecule has 0 radical (unpaired) electrons. The third-order valence-electron chi connectivity index (χ3n) is 5.08. The Balaban J connectivity index is 1.47. The van der Waals surface area contributed by atoms with Crippen molar-refractivity contribution in [3.05, 3.63) is 65.2 Å². The topological polar surface area (TPSA) is 41.6 Å². The van der Waals surface area contributed by atoms with Crippen LogP contribution in [-0.2, 0) is 17.8 Å². The zero-order valence-electron chi connectivity index (χ0n) is 14.4. The molecule has 0 saturated carbocycles. The van der Waals surface area contributed by atoms with Crippen molar-refractivity contribution in [2.75, 3.05) is 19.7 Å². The maximum atomic E-state index is 12.0. The molecule has 0 aromatic heterocycles. The molecule has 1 fully saturated rings. The van der Waals surface area contributed by atoms with E-state index >= 15 is 0 Å². The van der Waals surface area contributed by atoms with Gasteiger partial charge in [0.25, 0.3) is 0 Å². The number of nitrogens with zero attached hydrogens (tertiary/aromatic N) is 1. The number of carbonyl (C=O) groups is 1. The van der Waals surface area contributed by atoms with Crippen LogP contribution in [0.2, 0.25) is 0 Å². The predicted molar refractivity (Wildman–Crippen MR) is 97.5 cm³/mol. The highest BCUT2D eigenvalue weighted by Gasteiger charge is 2.24.